The summed E-state index contributed by atoms with van der Waals surface area (Å²) in [5.41, 5.74) is 1.39. The summed E-state index contributed by atoms with van der Waals surface area (Å²) in [7, 11) is 0. The number of phenolic OH excluding ortho intramolecular Hbond substituents is 2. The third-order valence-corrected chi connectivity index (χ3v) is 1.94. The summed E-state index contributed by atoms with van der Waals surface area (Å²) >= 11 is 0. The first-order valence-electron chi connectivity index (χ1n) is 3.96. The van der Waals surface area contributed by atoms with Crippen molar-refractivity contribution in [2.75, 3.05) is 0 Å². The number of aryl methyl sites for hydroxylation is 1. The number of aromatic nitrogens is 1. The summed E-state index contributed by atoms with van der Waals surface area (Å²) in [6.45, 7) is 1.88. The van der Waals surface area contributed by atoms with E-state index in [1.165, 1.54) is 12.1 Å². The SMILES string of the molecule is Cc1cnc2c(O)ccc(O)c2c1. The van der Waals surface area contributed by atoms with Crippen molar-refractivity contribution in [1.82, 2.24) is 4.98 Å². The number of nitrogens with zero attached hydrogens (tertiary/aromatic N) is 1. The Morgan fingerprint density at radius 2 is 1.85 bits per heavy atom. The fraction of sp³-hybridized carbons (Fsp3) is 0.100. The molecule has 2 N–H and O–H groups in total. The summed E-state index contributed by atoms with van der Waals surface area (Å²) in [5, 5.41) is 19.5. The predicted molar refractivity (Wildman–Crippen MR) is 49.8 cm³/mol. The average molecular weight is 175 g/mol. The largest absolute Gasteiger partial charge is 0.507 e. The minimum Gasteiger partial charge on any atom is -0.507 e. The molecule has 0 radical (unpaired) electrons. The van der Waals surface area contributed by atoms with Gasteiger partial charge in [-0.3, -0.25) is 4.98 Å². The van der Waals surface area contributed by atoms with Gasteiger partial charge in [0.25, 0.3) is 0 Å². The fourth-order valence-corrected chi connectivity index (χ4v) is 1.30. The maximum absolute atomic E-state index is 9.47. The molecule has 0 aliphatic rings. The van der Waals surface area contributed by atoms with Crippen LogP contribution in [0.25, 0.3) is 10.9 Å². The van der Waals surface area contributed by atoms with E-state index in [-0.39, 0.29) is 11.5 Å². The van der Waals surface area contributed by atoms with Crippen LogP contribution in [0, 0.1) is 6.92 Å². The molecule has 0 amide bonds. The number of pyridine rings is 1. The zero-order valence-electron chi connectivity index (χ0n) is 7.15. The standard InChI is InChI=1S/C10H9NO2/c1-6-4-7-8(12)2-3-9(13)10(7)11-5-6/h2-5,12-13H,1H3. The van der Waals surface area contributed by atoms with Crippen LogP contribution in [-0.4, -0.2) is 15.2 Å². The van der Waals surface area contributed by atoms with Crippen LogP contribution in [-0.2, 0) is 0 Å². The van der Waals surface area contributed by atoms with Crippen LogP contribution in [0.3, 0.4) is 0 Å². The summed E-state index contributed by atoms with van der Waals surface area (Å²) in [4.78, 5) is 4.03. The predicted octanol–water partition coefficient (Wildman–Crippen LogP) is 1.95. The van der Waals surface area contributed by atoms with E-state index in [0.29, 0.717) is 10.9 Å². The first kappa shape index (κ1) is 7.86. The van der Waals surface area contributed by atoms with E-state index in [1.807, 2.05) is 6.92 Å². The Bertz CT molecular complexity index is 466. The van der Waals surface area contributed by atoms with E-state index in [0.717, 1.165) is 5.56 Å². The molecule has 1 heterocycles. The fourth-order valence-electron chi connectivity index (χ4n) is 1.30. The third kappa shape index (κ3) is 1.18. The molecule has 66 valence electrons. The first-order valence-corrected chi connectivity index (χ1v) is 3.96. The van der Waals surface area contributed by atoms with Crippen molar-refractivity contribution < 1.29 is 10.2 Å². The Balaban J connectivity index is 2.92. The van der Waals surface area contributed by atoms with Gasteiger partial charge in [0.1, 0.15) is 17.0 Å². The van der Waals surface area contributed by atoms with E-state index in [4.69, 9.17) is 0 Å². The highest BCUT2D eigenvalue weighted by molar-refractivity contribution is 5.89. The molecule has 13 heavy (non-hydrogen) atoms. The van der Waals surface area contributed by atoms with Gasteiger partial charge in [-0.25, -0.2) is 0 Å². The van der Waals surface area contributed by atoms with Crippen molar-refractivity contribution in [3.8, 4) is 11.5 Å². The molecule has 0 saturated carbocycles. The van der Waals surface area contributed by atoms with Gasteiger partial charge in [-0.05, 0) is 30.7 Å². The van der Waals surface area contributed by atoms with Gasteiger partial charge in [0.05, 0.1) is 0 Å². The van der Waals surface area contributed by atoms with E-state index in [1.54, 1.807) is 12.3 Å². The number of hydrogen-bond donors (Lipinski definition) is 2. The molecule has 1 aromatic carbocycles. The Morgan fingerprint density at radius 1 is 1.15 bits per heavy atom. The summed E-state index contributed by atoms with van der Waals surface area (Å²) < 4.78 is 0. The molecule has 0 unspecified atom stereocenters. The number of fused-ring (bicyclic) bond motifs is 1. The quantitative estimate of drug-likeness (QED) is 0.602. The molecule has 0 aliphatic carbocycles. The molecular formula is C10H9NO2. The first-order chi connectivity index (χ1) is 6.18. The van der Waals surface area contributed by atoms with Crippen molar-refractivity contribution in [3.05, 3.63) is 30.0 Å². The highest BCUT2D eigenvalue weighted by Gasteiger charge is 2.04. The monoisotopic (exact) mass is 175 g/mol. The van der Waals surface area contributed by atoms with E-state index in [2.05, 4.69) is 4.98 Å². The molecule has 3 nitrogen and oxygen atoms in total. The topological polar surface area (TPSA) is 53.4 Å². The highest BCUT2D eigenvalue weighted by Crippen LogP contribution is 2.30. The molecule has 1 aromatic heterocycles. The van der Waals surface area contributed by atoms with Gasteiger partial charge in [-0.1, -0.05) is 0 Å². The molecule has 0 aliphatic heterocycles. The maximum atomic E-state index is 9.47. The molecule has 0 atom stereocenters. The Kier molecular flexibility index (Phi) is 1.59. The van der Waals surface area contributed by atoms with E-state index < -0.39 is 0 Å². The minimum absolute atomic E-state index is 0.0906. The maximum Gasteiger partial charge on any atom is 0.142 e. The second kappa shape index (κ2) is 2.62. The minimum atomic E-state index is 0.0906. The van der Waals surface area contributed by atoms with Gasteiger partial charge < -0.3 is 10.2 Å². The lowest BCUT2D eigenvalue weighted by Gasteiger charge is -2.02. The van der Waals surface area contributed by atoms with Crippen molar-refractivity contribution in [1.29, 1.82) is 0 Å². The second-order valence-electron chi connectivity index (χ2n) is 3.01. The molecule has 0 spiro atoms. The second-order valence-corrected chi connectivity index (χ2v) is 3.01. The molecule has 2 rings (SSSR count). The van der Waals surface area contributed by atoms with Crippen LogP contribution in [0.2, 0.25) is 0 Å². The Labute approximate surface area is 75.3 Å². The molecule has 0 fully saturated rings. The summed E-state index contributed by atoms with van der Waals surface area (Å²) in [6.07, 6.45) is 1.65. The van der Waals surface area contributed by atoms with Crippen molar-refractivity contribution in [3.63, 3.8) is 0 Å². The smallest absolute Gasteiger partial charge is 0.142 e. The Hall–Kier alpha value is -1.77. The summed E-state index contributed by atoms with van der Waals surface area (Å²) in [6, 6.07) is 4.68. The lowest BCUT2D eigenvalue weighted by molar-refractivity contribution is 0.468. The van der Waals surface area contributed by atoms with Crippen molar-refractivity contribution in [2.24, 2.45) is 0 Å². The van der Waals surface area contributed by atoms with E-state index in [9.17, 15) is 10.2 Å². The van der Waals surface area contributed by atoms with Crippen LogP contribution in [0.4, 0.5) is 0 Å². The molecule has 0 saturated heterocycles. The lowest BCUT2D eigenvalue weighted by Crippen LogP contribution is -1.82. The lowest BCUT2D eigenvalue weighted by atomic mass is 10.1. The number of hydrogen-bond acceptors (Lipinski definition) is 3. The normalized spacial score (nSPS) is 10.5. The average Bonchev–Trinajstić information content (AvgIpc) is 2.12. The van der Waals surface area contributed by atoms with Gasteiger partial charge in [0.15, 0.2) is 0 Å². The zero-order valence-corrected chi connectivity index (χ0v) is 7.15. The number of benzene rings is 1. The van der Waals surface area contributed by atoms with Crippen molar-refractivity contribution in [2.45, 2.75) is 6.92 Å². The summed E-state index contributed by atoms with van der Waals surface area (Å²) in [5.74, 6) is 0.233. The van der Waals surface area contributed by atoms with Gasteiger partial charge in [0, 0.05) is 11.6 Å². The van der Waals surface area contributed by atoms with Crippen LogP contribution in [0.1, 0.15) is 5.56 Å². The van der Waals surface area contributed by atoms with Gasteiger partial charge >= 0.3 is 0 Å². The molecular weight excluding hydrogens is 166 g/mol. The number of phenols is 2. The third-order valence-electron chi connectivity index (χ3n) is 1.94. The van der Waals surface area contributed by atoms with Crippen LogP contribution < -0.4 is 0 Å². The van der Waals surface area contributed by atoms with Crippen LogP contribution in [0.15, 0.2) is 24.4 Å². The van der Waals surface area contributed by atoms with Crippen LogP contribution >= 0.6 is 0 Å². The highest BCUT2D eigenvalue weighted by atomic mass is 16.3. The Morgan fingerprint density at radius 3 is 2.62 bits per heavy atom. The molecule has 2 aromatic rings. The molecule has 0 bridgehead atoms. The van der Waals surface area contributed by atoms with Crippen molar-refractivity contribution >= 4 is 10.9 Å². The van der Waals surface area contributed by atoms with Gasteiger partial charge in [0.2, 0.25) is 0 Å². The van der Waals surface area contributed by atoms with E-state index >= 15 is 0 Å². The number of rotatable bonds is 0. The molecule has 3 heteroatoms. The zero-order chi connectivity index (χ0) is 9.42. The van der Waals surface area contributed by atoms with Gasteiger partial charge in [-0.15, -0.1) is 0 Å². The van der Waals surface area contributed by atoms with Crippen LogP contribution in [0.5, 0.6) is 11.5 Å². The van der Waals surface area contributed by atoms with Gasteiger partial charge in [-0.2, -0.15) is 0 Å². The number of aromatic hydroxyl groups is 2.